The van der Waals surface area contributed by atoms with E-state index in [-0.39, 0.29) is 42.9 Å². The van der Waals surface area contributed by atoms with Gasteiger partial charge in [0.1, 0.15) is 6.04 Å². The van der Waals surface area contributed by atoms with E-state index in [1.807, 2.05) is 29.9 Å². The van der Waals surface area contributed by atoms with Crippen LogP contribution >= 0.6 is 24.8 Å². The van der Waals surface area contributed by atoms with Gasteiger partial charge in [-0.15, -0.1) is 24.8 Å². The number of nitrogens with zero attached hydrogens (tertiary/aromatic N) is 3. The van der Waals surface area contributed by atoms with E-state index in [1.54, 1.807) is 18.5 Å². The molecule has 2 N–H and O–H groups in total. The first-order chi connectivity index (χ1) is 11.2. The van der Waals surface area contributed by atoms with Gasteiger partial charge in [0.05, 0.1) is 12.7 Å². The number of halogens is 2. The minimum Gasteiger partial charge on any atom is -0.375 e. The lowest BCUT2D eigenvalue weighted by Gasteiger charge is -2.28. The first-order valence-corrected chi connectivity index (χ1v) is 7.80. The summed E-state index contributed by atoms with van der Waals surface area (Å²) in [6, 6.07) is 5.44. The van der Waals surface area contributed by atoms with Gasteiger partial charge in [-0.1, -0.05) is 0 Å². The molecule has 2 aromatic heterocycles. The van der Waals surface area contributed by atoms with Crippen LogP contribution in [0, 0.1) is 0 Å². The summed E-state index contributed by atoms with van der Waals surface area (Å²) in [4.78, 5) is 16.3. The molecule has 2 aromatic rings. The van der Waals surface area contributed by atoms with Crippen molar-refractivity contribution in [2.75, 3.05) is 18.5 Å². The van der Waals surface area contributed by atoms with Crippen molar-refractivity contribution in [3.8, 4) is 0 Å². The van der Waals surface area contributed by atoms with Crippen LogP contribution in [0.1, 0.15) is 12.5 Å². The van der Waals surface area contributed by atoms with E-state index in [1.165, 1.54) is 5.56 Å². The quantitative estimate of drug-likeness (QED) is 0.815. The standard InChI is InChI=1S/C16H21N5O2.2ClH/c1-12-15(18-8-11-23-12)16(22)19-14-5-10-21(20-14)9-4-13-2-6-17-7-3-13;;/h2-3,5-7,10,12,15,18H,4,8-9,11H2,1H3,(H,19,20,22);2*1H/t12-,15+;;/m1../s1. The number of ether oxygens (including phenoxy) is 1. The molecular weight excluding hydrogens is 365 g/mol. The Morgan fingerprint density at radius 1 is 1.36 bits per heavy atom. The van der Waals surface area contributed by atoms with Crippen molar-refractivity contribution < 1.29 is 9.53 Å². The van der Waals surface area contributed by atoms with Crippen LogP contribution in [0.15, 0.2) is 36.8 Å². The number of carbonyl (C=O) groups is 1. The zero-order valence-corrected chi connectivity index (χ0v) is 15.6. The van der Waals surface area contributed by atoms with Crippen molar-refractivity contribution in [2.45, 2.75) is 32.0 Å². The van der Waals surface area contributed by atoms with Gasteiger partial charge < -0.3 is 15.4 Å². The van der Waals surface area contributed by atoms with Crippen molar-refractivity contribution in [1.29, 1.82) is 0 Å². The van der Waals surface area contributed by atoms with E-state index in [9.17, 15) is 4.79 Å². The summed E-state index contributed by atoms with van der Waals surface area (Å²) >= 11 is 0. The Morgan fingerprint density at radius 3 is 2.84 bits per heavy atom. The summed E-state index contributed by atoms with van der Waals surface area (Å²) in [5.41, 5.74) is 1.21. The average Bonchev–Trinajstić information content (AvgIpc) is 3.02. The van der Waals surface area contributed by atoms with Crippen LogP contribution in [0.2, 0.25) is 0 Å². The van der Waals surface area contributed by atoms with Crippen LogP contribution in [0.25, 0.3) is 0 Å². The molecule has 0 aromatic carbocycles. The van der Waals surface area contributed by atoms with Gasteiger partial charge in [0.2, 0.25) is 5.91 Å². The van der Waals surface area contributed by atoms with Gasteiger partial charge in [-0.3, -0.25) is 14.5 Å². The average molecular weight is 388 g/mol. The highest BCUT2D eigenvalue weighted by atomic mass is 35.5. The number of rotatable bonds is 5. The molecule has 3 heterocycles. The lowest BCUT2D eigenvalue weighted by Crippen LogP contribution is -2.53. The highest BCUT2D eigenvalue weighted by Gasteiger charge is 2.28. The fraction of sp³-hybridized carbons (Fsp3) is 0.438. The molecule has 1 saturated heterocycles. The maximum absolute atomic E-state index is 12.3. The Morgan fingerprint density at radius 2 is 2.12 bits per heavy atom. The molecule has 2 atom stereocenters. The highest BCUT2D eigenvalue weighted by Crippen LogP contribution is 2.09. The molecule has 0 bridgehead atoms. The molecule has 1 fully saturated rings. The van der Waals surface area contributed by atoms with E-state index < -0.39 is 0 Å². The Balaban J connectivity index is 0.00000156. The van der Waals surface area contributed by atoms with Crippen molar-refractivity contribution in [1.82, 2.24) is 20.1 Å². The van der Waals surface area contributed by atoms with Gasteiger partial charge in [-0.05, 0) is 31.0 Å². The number of hydrogen-bond donors (Lipinski definition) is 2. The van der Waals surface area contributed by atoms with E-state index in [4.69, 9.17) is 4.74 Å². The fourth-order valence-electron chi connectivity index (χ4n) is 2.58. The SMILES string of the molecule is C[C@H]1OCCN[C@@H]1C(=O)Nc1ccn(CCc2ccncc2)n1.Cl.Cl. The normalized spacial score (nSPS) is 19.4. The summed E-state index contributed by atoms with van der Waals surface area (Å²) in [6.07, 6.45) is 6.16. The summed E-state index contributed by atoms with van der Waals surface area (Å²) < 4.78 is 7.31. The largest absolute Gasteiger partial charge is 0.375 e. The van der Waals surface area contributed by atoms with Crippen molar-refractivity contribution >= 4 is 36.5 Å². The second-order valence-corrected chi connectivity index (χ2v) is 5.57. The monoisotopic (exact) mass is 387 g/mol. The van der Waals surface area contributed by atoms with Gasteiger partial charge in [0.25, 0.3) is 0 Å². The van der Waals surface area contributed by atoms with Crippen molar-refractivity contribution in [3.63, 3.8) is 0 Å². The number of nitrogens with one attached hydrogen (secondary N) is 2. The lowest BCUT2D eigenvalue weighted by molar-refractivity contribution is -0.123. The van der Waals surface area contributed by atoms with Crippen LogP contribution in [0.5, 0.6) is 0 Å². The smallest absolute Gasteiger partial charge is 0.245 e. The minimum atomic E-state index is -0.342. The van der Waals surface area contributed by atoms with Crippen LogP contribution in [-0.4, -0.2) is 46.0 Å². The molecule has 0 aliphatic carbocycles. The Labute approximate surface area is 159 Å². The maximum atomic E-state index is 12.3. The fourth-order valence-corrected chi connectivity index (χ4v) is 2.58. The topological polar surface area (TPSA) is 81.1 Å². The molecule has 0 saturated carbocycles. The number of morpholine rings is 1. The molecule has 0 unspecified atom stereocenters. The molecule has 1 aliphatic rings. The van der Waals surface area contributed by atoms with E-state index in [0.717, 1.165) is 13.0 Å². The summed E-state index contributed by atoms with van der Waals surface area (Å²) in [5.74, 6) is 0.445. The molecule has 0 radical (unpaired) electrons. The van der Waals surface area contributed by atoms with Crippen molar-refractivity contribution in [3.05, 3.63) is 42.4 Å². The first kappa shape index (κ1) is 21.4. The predicted octanol–water partition coefficient (Wildman–Crippen LogP) is 1.68. The Hall–Kier alpha value is -1.67. The number of anilines is 1. The molecule has 1 amide bonds. The molecular formula is C16H23Cl2N5O2. The molecule has 9 heteroatoms. The van der Waals surface area contributed by atoms with Gasteiger partial charge >= 0.3 is 0 Å². The highest BCUT2D eigenvalue weighted by molar-refractivity contribution is 5.94. The molecule has 7 nitrogen and oxygen atoms in total. The number of amides is 1. The summed E-state index contributed by atoms with van der Waals surface area (Å²) in [6.45, 7) is 3.96. The van der Waals surface area contributed by atoms with Gasteiger partial charge in [0, 0.05) is 37.7 Å². The van der Waals surface area contributed by atoms with Crippen LogP contribution in [-0.2, 0) is 22.5 Å². The molecule has 0 spiro atoms. The van der Waals surface area contributed by atoms with E-state index in [2.05, 4.69) is 20.7 Å². The van der Waals surface area contributed by atoms with Crippen LogP contribution < -0.4 is 10.6 Å². The Kier molecular flexibility index (Phi) is 8.85. The maximum Gasteiger partial charge on any atom is 0.245 e. The zero-order valence-electron chi connectivity index (χ0n) is 13.9. The van der Waals surface area contributed by atoms with E-state index in [0.29, 0.717) is 19.0 Å². The number of aromatic nitrogens is 3. The first-order valence-electron chi connectivity index (χ1n) is 7.80. The van der Waals surface area contributed by atoms with Gasteiger partial charge in [-0.2, -0.15) is 5.10 Å². The number of carbonyl (C=O) groups excluding carboxylic acids is 1. The summed E-state index contributed by atoms with van der Waals surface area (Å²) in [7, 11) is 0. The van der Waals surface area contributed by atoms with Gasteiger partial charge in [0.15, 0.2) is 5.82 Å². The van der Waals surface area contributed by atoms with Gasteiger partial charge in [-0.25, -0.2) is 0 Å². The predicted molar refractivity (Wildman–Crippen MR) is 100 cm³/mol. The van der Waals surface area contributed by atoms with Crippen LogP contribution in [0.4, 0.5) is 5.82 Å². The number of hydrogen-bond acceptors (Lipinski definition) is 5. The molecule has 1 aliphatic heterocycles. The molecule has 3 rings (SSSR count). The van der Waals surface area contributed by atoms with Crippen LogP contribution in [0.3, 0.4) is 0 Å². The number of pyridine rings is 1. The lowest BCUT2D eigenvalue weighted by atomic mass is 10.1. The third-order valence-electron chi connectivity index (χ3n) is 3.87. The summed E-state index contributed by atoms with van der Waals surface area (Å²) in [5, 5.41) is 10.4. The second kappa shape index (κ2) is 10.4. The van der Waals surface area contributed by atoms with E-state index >= 15 is 0 Å². The third-order valence-corrected chi connectivity index (χ3v) is 3.87. The third kappa shape index (κ3) is 5.97. The second-order valence-electron chi connectivity index (χ2n) is 5.57. The minimum absolute atomic E-state index is 0. The Bertz CT molecular complexity index is 653. The van der Waals surface area contributed by atoms with Crippen molar-refractivity contribution in [2.24, 2.45) is 0 Å². The molecule has 138 valence electrons. The number of aryl methyl sites for hydroxylation is 2. The zero-order chi connectivity index (χ0) is 16.1. The molecule has 25 heavy (non-hydrogen) atoms.